The normalized spacial score (nSPS) is 15.9. The molecule has 1 N–H and O–H groups in total. The van der Waals surface area contributed by atoms with Crippen molar-refractivity contribution in [1.82, 2.24) is 4.31 Å². The van der Waals surface area contributed by atoms with Crippen LogP contribution in [0.1, 0.15) is 11.1 Å². The monoisotopic (exact) mass is 350 g/mol. The molecule has 23 heavy (non-hydrogen) atoms. The SMILES string of the molecule is Cc1ccc2c(c1)NC(=O)N(CCc1cccc(Cl)c1)S2(=O)=O. The number of hydrogen-bond donors (Lipinski definition) is 1. The third-order valence-corrected chi connectivity index (χ3v) is 5.74. The fraction of sp³-hybridized carbons (Fsp3) is 0.188. The number of rotatable bonds is 3. The molecule has 5 nitrogen and oxygen atoms in total. The van der Waals surface area contributed by atoms with Gasteiger partial charge in [-0.3, -0.25) is 0 Å². The number of carbonyl (C=O) groups is 1. The zero-order valence-corrected chi connectivity index (χ0v) is 14.0. The van der Waals surface area contributed by atoms with Gasteiger partial charge in [-0.2, -0.15) is 0 Å². The minimum atomic E-state index is -3.84. The van der Waals surface area contributed by atoms with E-state index in [0.717, 1.165) is 15.4 Å². The first-order valence-corrected chi connectivity index (χ1v) is 8.88. The minimum absolute atomic E-state index is 0.0574. The fourth-order valence-electron chi connectivity index (χ4n) is 2.52. The molecule has 0 unspecified atom stereocenters. The first-order valence-electron chi connectivity index (χ1n) is 7.07. The molecule has 1 aliphatic heterocycles. The van der Waals surface area contributed by atoms with E-state index >= 15 is 0 Å². The molecule has 0 saturated heterocycles. The van der Waals surface area contributed by atoms with E-state index in [9.17, 15) is 13.2 Å². The Morgan fingerprint density at radius 3 is 2.70 bits per heavy atom. The lowest BCUT2D eigenvalue weighted by Gasteiger charge is -2.29. The summed E-state index contributed by atoms with van der Waals surface area (Å²) in [6.07, 6.45) is 0.397. The minimum Gasteiger partial charge on any atom is -0.306 e. The number of nitrogens with one attached hydrogen (secondary N) is 1. The Morgan fingerprint density at radius 1 is 1.17 bits per heavy atom. The molecule has 2 aromatic rings. The van der Waals surface area contributed by atoms with Crippen LogP contribution in [-0.4, -0.2) is 25.3 Å². The molecule has 0 bridgehead atoms. The Labute approximate surface area is 139 Å². The second-order valence-corrected chi connectivity index (χ2v) is 7.65. The van der Waals surface area contributed by atoms with Crippen molar-refractivity contribution < 1.29 is 13.2 Å². The number of hydrogen-bond acceptors (Lipinski definition) is 3. The number of fused-ring (bicyclic) bond motifs is 1. The number of benzene rings is 2. The second kappa shape index (κ2) is 5.86. The molecular formula is C16H15ClN2O3S. The number of halogens is 1. The lowest BCUT2D eigenvalue weighted by atomic mass is 10.1. The summed E-state index contributed by atoms with van der Waals surface area (Å²) < 4.78 is 26.2. The van der Waals surface area contributed by atoms with E-state index in [4.69, 9.17) is 11.6 Å². The average molecular weight is 351 g/mol. The fourth-order valence-corrected chi connectivity index (χ4v) is 4.19. The standard InChI is InChI=1S/C16H15ClN2O3S/c1-11-5-6-15-14(9-11)18-16(20)19(23(15,21)22)8-7-12-3-2-4-13(17)10-12/h2-6,9-10H,7-8H2,1H3,(H,18,20). The van der Waals surface area contributed by atoms with Crippen molar-refractivity contribution in [2.75, 3.05) is 11.9 Å². The van der Waals surface area contributed by atoms with Crippen molar-refractivity contribution in [3.8, 4) is 0 Å². The van der Waals surface area contributed by atoms with E-state index in [0.29, 0.717) is 17.1 Å². The highest BCUT2D eigenvalue weighted by Crippen LogP contribution is 2.30. The molecule has 0 spiro atoms. The van der Waals surface area contributed by atoms with Gasteiger partial charge >= 0.3 is 6.03 Å². The maximum absolute atomic E-state index is 12.7. The van der Waals surface area contributed by atoms with Gasteiger partial charge in [-0.05, 0) is 48.7 Å². The number of nitrogens with zero attached hydrogens (tertiary/aromatic N) is 1. The van der Waals surface area contributed by atoms with Gasteiger partial charge in [-0.1, -0.05) is 29.8 Å². The third kappa shape index (κ3) is 3.04. The molecule has 0 atom stereocenters. The van der Waals surface area contributed by atoms with Crippen LogP contribution in [0.5, 0.6) is 0 Å². The predicted octanol–water partition coefficient (Wildman–Crippen LogP) is 3.43. The molecule has 0 saturated carbocycles. The maximum atomic E-state index is 12.7. The van der Waals surface area contributed by atoms with Crippen molar-refractivity contribution in [3.63, 3.8) is 0 Å². The number of sulfonamides is 1. The number of amides is 2. The summed E-state index contributed by atoms with van der Waals surface area (Å²) in [7, 11) is -3.84. The molecule has 1 aliphatic rings. The molecule has 3 rings (SSSR count). The Hall–Kier alpha value is -2.05. The quantitative estimate of drug-likeness (QED) is 0.922. The van der Waals surface area contributed by atoms with E-state index in [1.54, 1.807) is 30.3 Å². The average Bonchev–Trinajstić information content (AvgIpc) is 2.46. The van der Waals surface area contributed by atoms with Crippen LogP contribution in [-0.2, 0) is 16.4 Å². The van der Waals surface area contributed by atoms with E-state index in [2.05, 4.69) is 5.32 Å². The molecular weight excluding hydrogens is 336 g/mol. The van der Waals surface area contributed by atoms with Crippen molar-refractivity contribution in [3.05, 3.63) is 58.6 Å². The van der Waals surface area contributed by atoms with Gasteiger partial charge in [-0.25, -0.2) is 17.5 Å². The summed E-state index contributed by atoms with van der Waals surface area (Å²) in [4.78, 5) is 12.3. The van der Waals surface area contributed by atoms with E-state index in [-0.39, 0.29) is 11.4 Å². The van der Waals surface area contributed by atoms with Crippen LogP contribution in [0.25, 0.3) is 0 Å². The highest BCUT2D eigenvalue weighted by molar-refractivity contribution is 7.90. The van der Waals surface area contributed by atoms with Crippen molar-refractivity contribution in [2.45, 2.75) is 18.2 Å². The van der Waals surface area contributed by atoms with Crippen LogP contribution in [0.2, 0.25) is 5.02 Å². The van der Waals surface area contributed by atoms with Crippen molar-refractivity contribution >= 4 is 33.3 Å². The van der Waals surface area contributed by atoms with Crippen LogP contribution >= 0.6 is 11.6 Å². The van der Waals surface area contributed by atoms with Crippen LogP contribution in [0.3, 0.4) is 0 Å². The number of aryl methyl sites for hydroxylation is 1. The molecule has 1 heterocycles. The predicted molar refractivity (Wildman–Crippen MR) is 89.2 cm³/mol. The highest BCUT2D eigenvalue weighted by Gasteiger charge is 2.36. The molecule has 0 radical (unpaired) electrons. The van der Waals surface area contributed by atoms with Crippen LogP contribution in [0.15, 0.2) is 47.4 Å². The summed E-state index contributed by atoms with van der Waals surface area (Å²) in [6, 6.07) is 11.4. The summed E-state index contributed by atoms with van der Waals surface area (Å²) in [5.74, 6) is 0. The van der Waals surface area contributed by atoms with Gasteiger partial charge in [-0.15, -0.1) is 0 Å². The van der Waals surface area contributed by atoms with Crippen molar-refractivity contribution in [2.24, 2.45) is 0 Å². The first-order chi connectivity index (χ1) is 10.9. The highest BCUT2D eigenvalue weighted by atomic mass is 35.5. The van der Waals surface area contributed by atoms with Gasteiger partial charge in [0.05, 0.1) is 5.69 Å². The summed E-state index contributed by atoms with van der Waals surface area (Å²) in [5.41, 5.74) is 2.08. The number of urea groups is 1. The van der Waals surface area contributed by atoms with Gasteiger partial charge in [0.15, 0.2) is 0 Å². The molecule has 7 heteroatoms. The smallest absolute Gasteiger partial charge is 0.306 e. The Balaban J connectivity index is 1.88. The maximum Gasteiger partial charge on any atom is 0.335 e. The summed E-state index contributed by atoms with van der Waals surface area (Å²) in [5, 5.41) is 3.21. The van der Waals surface area contributed by atoms with Crippen LogP contribution in [0, 0.1) is 6.92 Å². The molecule has 2 aromatic carbocycles. The van der Waals surface area contributed by atoms with Crippen LogP contribution < -0.4 is 5.32 Å². The van der Waals surface area contributed by atoms with E-state index < -0.39 is 16.1 Å². The molecule has 0 aromatic heterocycles. The Bertz CT molecular complexity index is 881. The lowest BCUT2D eigenvalue weighted by Crippen LogP contribution is -2.44. The van der Waals surface area contributed by atoms with Gasteiger partial charge in [0.1, 0.15) is 4.90 Å². The number of carbonyl (C=O) groups excluding carboxylic acids is 1. The zero-order chi connectivity index (χ0) is 16.6. The second-order valence-electron chi connectivity index (χ2n) is 5.39. The summed E-state index contributed by atoms with van der Waals surface area (Å²) >= 11 is 5.92. The molecule has 120 valence electrons. The van der Waals surface area contributed by atoms with Gasteiger partial charge in [0.25, 0.3) is 10.0 Å². The molecule has 0 fully saturated rings. The molecule has 2 amide bonds. The Morgan fingerprint density at radius 2 is 1.96 bits per heavy atom. The molecule has 0 aliphatic carbocycles. The summed E-state index contributed by atoms with van der Waals surface area (Å²) in [6.45, 7) is 1.90. The first kappa shape index (κ1) is 15.8. The Kier molecular flexibility index (Phi) is 4.04. The van der Waals surface area contributed by atoms with E-state index in [1.807, 2.05) is 13.0 Å². The number of anilines is 1. The third-order valence-electron chi connectivity index (χ3n) is 3.66. The van der Waals surface area contributed by atoms with Gasteiger partial charge in [0, 0.05) is 11.6 Å². The zero-order valence-electron chi connectivity index (χ0n) is 12.4. The lowest BCUT2D eigenvalue weighted by molar-refractivity contribution is 0.235. The van der Waals surface area contributed by atoms with Crippen molar-refractivity contribution in [1.29, 1.82) is 0 Å². The van der Waals surface area contributed by atoms with E-state index in [1.165, 1.54) is 6.07 Å². The largest absolute Gasteiger partial charge is 0.335 e. The van der Waals surface area contributed by atoms with Gasteiger partial charge in [0.2, 0.25) is 0 Å². The van der Waals surface area contributed by atoms with Crippen LogP contribution in [0.4, 0.5) is 10.5 Å². The topological polar surface area (TPSA) is 66.5 Å². The van der Waals surface area contributed by atoms with Gasteiger partial charge < -0.3 is 5.32 Å².